The van der Waals surface area contributed by atoms with Crippen molar-refractivity contribution in [3.8, 4) is 5.75 Å². The minimum atomic E-state index is -0.428. The second-order valence-electron chi connectivity index (χ2n) is 2.83. The molecule has 0 radical (unpaired) electrons. The van der Waals surface area contributed by atoms with Crippen LogP contribution in [0.1, 0.15) is 16.7 Å². The molecule has 0 spiro atoms. The molecule has 0 aliphatic heterocycles. The Bertz CT molecular complexity index is 281. The molecular weight excluding hydrogens is 155 g/mol. The summed E-state index contributed by atoms with van der Waals surface area (Å²) < 4.78 is 17.5. The first kappa shape index (κ1) is 9.04. The summed E-state index contributed by atoms with van der Waals surface area (Å²) >= 11 is 0. The maximum atomic E-state index is 12.4. The molecule has 0 amide bonds. The van der Waals surface area contributed by atoms with Crippen molar-refractivity contribution in [1.82, 2.24) is 0 Å². The van der Waals surface area contributed by atoms with Crippen molar-refractivity contribution in [2.24, 2.45) is 0 Å². The highest BCUT2D eigenvalue weighted by Crippen LogP contribution is 2.25. The molecule has 0 unspecified atom stereocenters. The fourth-order valence-corrected chi connectivity index (χ4v) is 1.33. The molecule has 0 bridgehead atoms. The first-order valence-corrected chi connectivity index (χ1v) is 3.89. The van der Waals surface area contributed by atoms with Crippen molar-refractivity contribution in [2.75, 3.05) is 7.11 Å². The Kier molecular flexibility index (Phi) is 2.69. The molecule has 0 saturated carbocycles. The maximum absolute atomic E-state index is 12.4. The van der Waals surface area contributed by atoms with Crippen LogP contribution in [0.4, 0.5) is 4.39 Å². The smallest absolute Gasteiger partial charge is 0.125 e. The Morgan fingerprint density at radius 1 is 1.33 bits per heavy atom. The van der Waals surface area contributed by atoms with Crippen molar-refractivity contribution in [2.45, 2.75) is 20.5 Å². The van der Waals surface area contributed by atoms with Gasteiger partial charge in [-0.15, -0.1) is 0 Å². The molecule has 0 aromatic heterocycles. The van der Waals surface area contributed by atoms with Crippen LogP contribution in [-0.4, -0.2) is 7.11 Å². The van der Waals surface area contributed by atoms with E-state index in [2.05, 4.69) is 0 Å². The molecule has 2 heteroatoms. The summed E-state index contributed by atoms with van der Waals surface area (Å²) in [5.74, 6) is 0.796. The number of hydrogen-bond acceptors (Lipinski definition) is 1. The number of hydrogen-bond donors (Lipinski definition) is 0. The molecule has 0 N–H and O–H groups in total. The minimum Gasteiger partial charge on any atom is -0.496 e. The maximum Gasteiger partial charge on any atom is 0.125 e. The zero-order valence-corrected chi connectivity index (χ0v) is 7.65. The molecule has 1 aromatic rings. The van der Waals surface area contributed by atoms with Crippen molar-refractivity contribution in [3.05, 3.63) is 28.8 Å². The van der Waals surface area contributed by atoms with Gasteiger partial charge in [-0.05, 0) is 30.5 Å². The average Bonchev–Trinajstić information content (AvgIpc) is 2.06. The highest BCUT2D eigenvalue weighted by atomic mass is 19.1. The van der Waals surface area contributed by atoms with Crippen LogP contribution in [-0.2, 0) is 6.67 Å². The van der Waals surface area contributed by atoms with Gasteiger partial charge >= 0.3 is 0 Å². The first-order chi connectivity index (χ1) is 5.70. The molecule has 66 valence electrons. The van der Waals surface area contributed by atoms with E-state index in [0.717, 1.165) is 16.9 Å². The number of benzene rings is 1. The van der Waals surface area contributed by atoms with Crippen molar-refractivity contribution in [3.63, 3.8) is 0 Å². The summed E-state index contributed by atoms with van der Waals surface area (Å²) in [7, 11) is 1.61. The van der Waals surface area contributed by atoms with E-state index in [-0.39, 0.29) is 0 Å². The number of halogens is 1. The average molecular weight is 168 g/mol. The molecule has 0 aliphatic rings. The van der Waals surface area contributed by atoms with Gasteiger partial charge in [0.05, 0.1) is 7.11 Å². The summed E-state index contributed by atoms with van der Waals surface area (Å²) in [6.45, 7) is 3.40. The third kappa shape index (κ3) is 1.42. The Morgan fingerprint density at radius 2 is 2.00 bits per heavy atom. The van der Waals surface area contributed by atoms with E-state index in [4.69, 9.17) is 4.74 Å². The molecule has 1 rings (SSSR count). The lowest BCUT2D eigenvalue weighted by atomic mass is 10.1. The summed E-state index contributed by atoms with van der Waals surface area (Å²) in [5.41, 5.74) is 2.66. The lowest BCUT2D eigenvalue weighted by Gasteiger charge is -2.10. The Morgan fingerprint density at radius 3 is 2.50 bits per heavy atom. The summed E-state index contributed by atoms with van der Waals surface area (Å²) in [6, 6.07) is 3.67. The zero-order chi connectivity index (χ0) is 9.14. The Labute approximate surface area is 72.2 Å². The van der Waals surface area contributed by atoms with E-state index in [1.165, 1.54) is 0 Å². The molecule has 0 heterocycles. The highest BCUT2D eigenvalue weighted by molar-refractivity contribution is 5.44. The standard InChI is InChI=1S/C10H13FO/c1-7-4-5-9(6-11)8(2)10(7)12-3/h4-5H,6H2,1-3H3. The molecule has 12 heavy (non-hydrogen) atoms. The molecule has 0 saturated heterocycles. The molecule has 0 atom stereocenters. The normalized spacial score (nSPS) is 10.0. The monoisotopic (exact) mass is 168 g/mol. The Hall–Kier alpha value is -1.05. The van der Waals surface area contributed by atoms with Crippen LogP contribution in [0.5, 0.6) is 5.75 Å². The van der Waals surface area contributed by atoms with Gasteiger partial charge in [-0.25, -0.2) is 4.39 Å². The van der Waals surface area contributed by atoms with E-state index in [1.54, 1.807) is 13.2 Å². The van der Waals surface area contributed by atoms with E-state index in [9.17, 15) is 4.39 Å². The third-order valence-corrected chi connectivity index (χ3v) is 2.06. The predicted octanol–water partition coefficient (Wildman–Crippen LogP) is 2.78. The highest BCUT2D eigenvalue weighted by Gasteiger charge is 2.06. The van der Waals surface area contributed by atoms with Crippen LogP contribution in [0, 0.1) is 13.8 Å². The largest absolute Gasteiger partial charge is 0.496 e. The van der Waals surface area contributed by atoms with Gasteiger partial charge in [0.15, 0.2) is 0 Å². The minimum absolute atomic E-state index is 0.428. The lowest BCUT2D eigenvalue weighted by Crippen LogP contribution is -1.94. The van der Waals surface area contributed by atoms with E-state index in [0.29, 0.717) is 5.56 Å². The van der Waals surface area contributed by atoms with Crippen molar-refractivity contribution < 1.29 is 9.13 Å². The molecule has 1 nitrogen and oxygen atoms in total. The van der Waals surface area contributed by atoms with Crippen LogP contribution in [0.2, 0.25) is 0 Å². The van der Waals surface area contributed by atoms with Gasteiger partial charge in [-0.3, -0.25) is 0 Å². The molecule has 1 aromatic carbocycles. The van der Waals surface area contributed by atoms with Crippen LogP contribution < -0.4 is 4.74 Å². The number of ether oxygens (including phenoxy) is 1. The van der Waals surface area contributed by atoms with Gasteiger partial charge in [0, 0.05) is 0 Å². The molecule has 0 aliphatic carbocycles. The second kappa shape index (κ2) is 3.57. The predicted molar refractivity (Wildman–Crippen MR) is 47.3 cm³/mol. The van der Waals surface area contributed by atoms with Crippen LogP contribution in [0.25, 0.3) is 0 Å². The topological polar surface area (TPSA) is 9.23 Å². The number of alkyl halides is 1. The van der Waals surface area contributed by atoms with Crippen molar-refractivity contribution in [1.29, 1.82) is 0 Å². The number of rotatable bonds is 2. The quantitative estimate of drug-likeness (QED) is 0.659. The van der Waals surface area contributed by atoms with Gasteiger partial charge in [-0.1, -0.05) is 12.1 Å². The van der Waals surface area contributed by atoms with E-state index >= 15 is 0 Å². The zero-order valence-electron chi connectivity index (χ0n) is 7.65. The fourth-order valence-electron chi connectivity index (χ4n) is 1.33. The van der Waals surface area contributed by atoms with E-state index in [1.807, 2.05) is 19.9 Å². The Balaban J connectivity index is 3.24. The lowest BCUT2D eigenvalue weighted by molar-refractivity contribution is 0.405. The SMILES string of the molecule is COc1c(C)ccc(CF)c1C. The van der Waals surface area contributed by atoms with Crippen molar-refractivity contribution >= 4 is 0 Å². The molecule has 0 fully saturated rings. The van der Waals surface area contributed by atoms with E-state index < -0.39 is 6.67 Å². The van der Waals surface area contributed by atoms with Crippen LogP contribution in [0.15, 0.2) is 12.1 Å². The molecular formula is C10H13FO. The number of methoxy groups -OCH3 is 1. The third-order valence-electron chi connectivity index (χ3n) is 2.06. The van der Waals surface area contributed by atoms with Gasteiger partial charge in [-0.2, -0.15) is 0 Å². The first-order valence-electron chi connectivity index (χ1n) is 3.89. The number of aryl methyl sites for hydroxylation is 1. The summed E-state index contributed by atoms with van der Waals surface area (Å²) in [5, 5.41) is 0. The van der Waals surface area contributed by atoms with Gasteiger partial charge < -0.3 is 4.74 Å². The van der Waals surface area contributed by atoms with Gasteiger partial charge in [0.25, 0.3) is 0 Å². The fraction of sp³-hybridized carbons (Fsp3) is 0.400. The van der Waals surface area contributed by atoms with Crippen LogP contribution in [0.3, 0.4) is 0 Å². The van der Waals surface area contributed by atoms with Gasteiger partial charge in [0.2, 0.25) is 0 Å². The van der Waals surface area contributed by atoms with Crippen LogP contribution >= 0.6 is 0 Å². The van der Waals surface area contributed by atoms with Gasteiger partial charge in [0.1, 0.15) is 12.4 Å². The summed E-state index contributed by atoms with van der Waals surface area (Å²) in [6.07, 6.45) is 0. The summed E-state index contributed by atoms with van der Waals surface area (Å²) in [4.78, 5) is 0. The second-order valence-corrected chi connectivity index (χ2v) is 2.83.